The Bertz CT molecular complexity index is 1160. The van der Waals surface area contributed by atoms with Crippen LogP contribution in [0.1, 0.15) is 44.6 Å². The van der Waals surface area contributed by atoms with Crippen LogP contribution in [-0.4, -0.2) is 22.3 Å². The summed E-state index contributed by atoms with van der Waals surface area (Å²) >= 11 is 1.64. The smallest absolute Gasteiger partial charge is 0.219 e. The second kappa shape index (κ2) is 9.76. The van der Waals surface area contributed by atoms with E-state index in [2.05, 4.69) is 16.9 Å². The molecule has 3 saturated carbocycles. The third-order valence-electron chi connectivity index (χ3n) is 7.99. The van der Waals surface area contributed by atoms with Crippen molar-refractivity contribution in [2.45, 2.75) is 56.4 Å². The predicted molar refractivity (Wildman–Crippen MR) is 136 cm³/mol. The number of aryl methyl sites for hydroxylation is 1. The van der Waals surface area contributed by atoms with Gasteiger partial charge in [0.15, 0.2) is 17.4 Å². The maximum Gasteiger partial charge on any atom is 0.219 e. The molecule has 7 heteroatoms. The monoisotopic (exact) mass is 495 g/mol. The van der Waals surface area contributed by atoms with E-state index in [9.17, 15) is 8.78 Å². The molecule has 0 bridgehead atoms. The normalized spacial score (nSPS) is 25.9. The molecule has 3 aromatic rings. The number of rotatable bonds is 5. The van der Waals surface area contributed by atoms with Crippen molar-refractivity contribution in [1.82, 2.24) is 9.97 Å². The molecule has 0 saturated heterocycles. The molecule has 0 aliphatic heterocycles. The molecule has 3 aliphatic rings. The minimum absolute atomic E-state index is 0.0448. The van der Waals surface area contributed by atoms with Crippen LogP contribution in [0.15, 0.2) is 53.7 Å². The summed E-state index contributed by atoms with van der Waals surface area (Å²) in [6.45, 7) is 2.05. The number of anilines is 1. The molecule has 3 aliphatic carbocycles. The molecule has 3 fully saturated rings. The summed E-state index contributed by atoms with van der Waals surface area (Å²) in [6, 6.07) is 10.5. The Labute approximate surface area is 209 Å². The minimum atomic E-state index is -0.602. The summed E-state index contributed by atoms with van der Waals surface area (Å²) in [5.74, 6) is 0.372. The number of thioether (sulfide) groups is 1. The van der Waals surface area contributed by atoms with E-state index < -0.39 is 11.6 Å². The first-order valence-electron chi connectivity index (χ1n) is 12.3. The Morgan fingerprint density at radius 3 is 2.23 bits per heavy atom. The number of benzene rings is 2. The SMILES string of the molecule is CCc1cnc(N)nc1.CSc1ccc(-c2cc(F)c(OC3CC4CCC45CC5C3)c(F)c2)cc1. The average Bonchev–Trinajstić information content (AvgIpc) is 3.61. The van der Waals surface area contributed by atoms with Gasteiger partial charge in [-0.05, 0) is 103 Å². The van der Waals surface area contributed by atoms with Gasteiger partial charge in [-0.25, -0.2) is 18.7 Å². The first kappa shape index (κ1) is 24.0. The Hall–Kier alpha value is -2.67. The summed E-state index contributed by atoms with van der Waals surface area (Å²) in [4.78, 5) is 8.76. The molecule has 2 aromatic carbocycles. The predicted octanol–water partition coefficient (Wildman–Crippen LogP) is 6.93. The van der Waals surface area contributed by atoms with Crippen molar-refractivity contribution in [2.24, 2.45) is 17.3 Å². The number of halogens is 2. The first-order valence-corrected chi connectivity index (χ1v) is 13.5. The third-order valence-corrected chi connectivity index (χ3v) is 8.73. The molecule has 2 N–H and O–H groups in total. The number of hydrogen-bond acceptors (Lipinski definition) is 5. The maximum atomic E-state index is 14.6. The third kappa shape index (κ3) is 4.88. The first-order chi connectivity index (χ1) is 16.9. The van der Waals surface area contributed by atoms with Gasteiger partial charge in [0.1, 0.15) is 0 Å². The molecule has 35 heavy (non-hydrogen) atoms. The van der Waals surface area contributed by atoms with Crippen molar-refractivity contribution >= 4 is 17.7 Å². The van der Waals surface area contributed by atoms with Gasteiger partial charge in [0.05, 0.1) is 6.10 Å². The second-order valence-corrected chi connectivity index (χ2v) is 10.8. The minimum Gasteiger partial charge on any atom is -0.484 e. The van der Waals surface area contributed by atoms with E-state index in [0.29, 0.717) is 22.8 Å². The molecule has 4 unspecified atom stereocenters. The lowest BCUT2D eigenvalue weighted by Gasteiger charge is -2.44. The average molecular weight is 496 g/mol. The standard InChI is InChI=1S/C22H22F2OS.C6H9N3/c1-26-18-4-2-13(3-5-18)14-8-19(23)21(20(24)9-14)25-17-10-15-6-7-22(15)12-16(22)11-17;1-2-5-3-8-6(7)9-4-5/h2-5,8-9,15-17H,6-7,10-12H2,1H3;3-4H,2H2,1H3,(H2,7,8,9). The molecule has 184 valence electrons. The van der Waals surface area contributed by atoms with Crippen molar-refractivity contribution in [1.29, 1.82) is 0 Å². The largest absolute Gasteiger partial charge is 0.484 e. The van der Waals surface area contributed by atoms with Crippen LogP contribution < -0.4 is 10.5 Å². The van der Waals surface area contributed by atoms with E-state index in [-0.39, 0.29) is 11.9 Å². The summed E-state index contributed by atoms with van der Waals surface area (Å²) in [6.07, 6.45) is 12.2. The van der Waals surface area contributed by atoms with Crippen molar-refractivity contribution in [3.05, 3.63) is 66.0 Å². The van der Waals surface area contributed by atoms with Crippen LogP contribution in [0.4, 0.5) is 14.7 Å². The zero-order chi connectivity index (χ0) is 24.6. The molecule has 0 amide bonds. The van der Waals surface area contributed by atoms with Gasteiger partial charge >= 0.3 is 0 Å². The van der Waals surface area contributed by atoms with Crippen molar-refractivity contribution in [3.63, 3.8) is 0 Å². The molecule has 1 aromatic heterocycles. The lowest BCUT2D eigenvalue weighted by atomic mass is 9.63. The van der Waals surface area contributed by atoms with Gasteiger partial charge in [0.2, 0.25) is 5.95 Å². The fourth-order valence-electron chi connectivity index (χ4n) is 5.76. The molecule has 1 spiro atoms. The van der Waals surface area contributed by atoms with Gasteiger partial charge in [-0.1, -0.05) is 19.1 Å². The Morgan fingerprint density at radius 2 is 1.69 bits per heavy atom. The van der Waals surface area contributed by atoms with Crippen LogP contribution in [-0.2, 0) is 6.42 Å². The highest BCUT2D eigenvalue weighted by molar-refractivity contribution is 7.98. The van der Waals surface area contributed by atoms with Crippen LogP contribution in [0.3, 0.4) is 0 Å². The van der Waals surface area contributed by atoms with Crippen molar-refractivity contribution < 1.29 is 13.5 Å². The van der Waals surface area contributed by atoms with E-state index in [1.54, 1.807) is 24.2 Å². The van der Waals surface area contributed by atoms with Crippen LogP contribution in [0.5, 0.6) is 5.75 Å². The highest BCUT2D eigenvalue weighted by Crippen LogP contribution is 2.73. The Morgan fingerprint density at radius 1 is 1.03 bits per heavy atom. The summed E-state index contributed by atoms with van der Waals surface area (Å²) in [7, 11) is 0. The number of nitrogens with zero attached hydrogens (tertiary/aromatic N) is 2. The number of nitrogen functional groups attached to an aromatic ring is 1. The Balaban J connectivity index is 0.000000239. The maximum absolute atomic E-state index is 14.6. The lowest BCUT2D eigenvalue weighted by molar-refractivity contribution is 0.0153. The number of nitrogens with two attached hydrogens (primary N) is 1. The van der Waals surface area contributed by atoms with E-state index in [1.165, 1.54) is 31.4 Å². The quantitative estimate of drug-likeness (QED) is 0.389. The summed E-state index contributed by atoms with van der Waals surface area (Å²) < 4.78 is 35.1. The van der Waals surface area contributed by atoms with E-state index in [0.717, 1.165) is 41.2 Å². The molecule has 4 atom stereocenters. The Kier molecular flexibility index (Phi) is 6.71. The van der Waals surface area contributed by atoms with Gasteiger partial charge in [-0.15, -0.1) is 11.8 Å². The molecule has 1 heterocycles. The van der Waals surface area contributed by atoms with Crippen LogP contribution >= 0.6 is 11.8 Å². The van der Waals surface area contributed by atoms with Crippen molar-refractivity contribution in [2.75, 3.05) is 12.0 Å². The van der Waals surface area contributed by atoms with Gasteiger partial charge in [0.25, 0.3) is 0 Å². The summed E-state index contributed by atoms with van der Waals surface area (Å²) in [5, 5.41) is 0. The fourth-order valence-corrected chi connectivity index (χ4v) is 6.17. The molecular formula is C28H31F2N3OS. The van der Waals surface area contributed by atoms with Gasteiger partial charge in [-0.3, -0.25) is 0 Å². The van der Waals surface area contributed by atoms with Crippen LogP contribution in [0.2, 0.25) is 0 Å². The van der Waals surface area contributed by atoms with Gasteiger partial charge in [0, 0.05) is 17.3 Å². The molecular weight excluding hydrogens is 464 g/mol. The topological polar surface area (TPSA) is 61.0 Å². The zero-order valence-corrected chi connectivity index (χ0v) is 21.0. The van der Waals surface area contributed by atoms with Gasteiger partial charge < -0.3 is 10.5 Å². The van der Waals surface area contributed by atoms with Crippen molar-refractivity contribution in [3.8, 4) is 16.9 Å². The molecule has 4 nitrogen and oxygen atoms in total. The van der Waals surface area contributed by atoms with Crippen LogP contribution in [0.25, 0.3) is 11.1 Å². The van der Waals surface area contributed by atoms with E-state index >= 15 is 0 Å². The highest BCUT2D eigenvalue weighted by Gasteiger charge is 2.66. The number of ether oxygens (including phenoxy) is 1. The van der Waals surface area contributed by atoms with Crippen LogP contribution in [0, 0.1) is 28.9 Å². The van der Waals surface area contributed by atoms with E-state index in [1.807, 2.05) is 30.5 Å². The summed E-state index contributed by atoms with van der Waals surface area (Å²) in [5.41, 5.74) is 8.33. The molecule has 0 radical (unpaired) electrons. The van der Waals surface area contributed by atoms with Gasteiger partial charge in [-0.2, -0.15) is 0 Å². The second-order valence-electron chi connectivity index (χ2n) is 9.88. The lowest BCUT2D eigenvalue weighted by Crippen LogP contribution is -2.39. The fraction of sp³-hybridized carbons (Fsp3) is 0.429. The highest BCUT2D eigenvalue weighted by atomic mass is 32.2. The molecule has 6 rings (SSSR count). The van der Waals surface area contributed by atoms with E-state index in [4.69, 9.17) is 10.5 Å². The number of hydrogen-bond donors (Lipinski definition) is 1. The number of aromatic nitrogens is 2. The zero-order valence-electron chi connectivity index (χ0n) is 20.1.